The summed E-state index contributed by atoms with van der Waals surface area (Å²) < 4.78 is 6.23. The number of benzene rings is 2. The van der Waals surface area contributed by atoms with Gasteiger partial charge in [-0.05, 0) is 36.4 Å². The average molecular weight is 410 g/mol. The fourth-order valence-electron chi connectivity index (χ4n) is 2.15. The smallest absolute Gasteiger partial charge is 0.264 e. The van der Waals surface area contributed by atoms with Crippen LogP contribution in [0, 0.1) is 0 Å². The van der Waals surface area contributed by atoms with E-state index in [-0.39, 0.29) is 18.4 Å². The van der Waals surface area contributed by atoms with Crippen LogP contribution in [-0.4, -0.2) is 23.4 Å². The summed E-state index contributed by atoms with van der Waals surface area (Å²) >= 11 is 13.1. The van der Waals surface area contributed by atoms with E-state index in [1.807, 2.05) is 0 Å². The Morgan fingerprint density at radius 2 is 1.96 bits per heavy atom. The van der Waals surface area contributed by atoms with Crippen molar-refractivity contribution in [3.05, 3.63) is 46.4 Å². The minimum absolute atomic E-state index is 0.152. The van der Waals surface area contributed by atoms with Gasteiger partial charge in [0, 0.05) is 17.6 Å². The van der Waals surface area contributed by atoms with Crippen molar-refractivity contribution in [3.8, 4) is 5.75 Å². The summed E-state index contributed by atoms with van der Waals surface area (Å²) in [6.45, 7) is 1.23. The van der Waals surface area contributed by atoms with Gasteiger partial charge < -0.3 is 10.1 Å². The van der Waals surface area contributed by atoms with Crippen LogP contribution < -0.4 is 15.4 Å². The first kappa shape index (κ1) is 18.4. The number of nitrogens with one attached hydrogen (secondary N) is 2. The van der Waals surface area contributed by atoms with E-state index >= 15 is 0 Å². The van der Waals surface area contributed by atoms with Crippen molar-refractivity contribution >= 4 is 67.4 Å². The molecule has 0 atom stereocenters. The Morgan fingerprint density at radius 3 is 2.69 bits per heavy atom. The molecule has 0 saturated carbocycles. The number of hydrogen-bond donors (Lipinski definition) is 2. The lowest BCUT2D eigenvalue weighted by Crippen LogP contribution is -2.20. The van der Waals surface area contributed by atoms with Crippen molar-refractivity contribution in [2.75, 3.05) is 17.2 Å². The van der Waals surface area contributed by atoms with Crippen LogP contribution in [0.1, 0.15) is 6.92 Å². The zero-order valence-electron chi connectivity index (χ0n) is 13.5. The van der Waals surface area contributed by atoms with Gasteiger partial charge in [0.1, 0.15) is 5.75 Å². The van der Waals surface area contributed by atoms with E-state index in [2.05, 4.69) is 15.6 Å². The first-order valence-corrected chi connectivity index (χ1v) is 9.04. The zero-order valence-corrected chi connectivity index (χ0v) is 15.8. The van der Waals surface area contributed by atoms with Crippen molar-refractivity contribution in [1.82, 2.24) is 4.98 Å². The summed E-state index contributed by atoms with van der Waals surface area (Å²) in [5, 5.41) is 6.64. The van der Waals surface area contributed by atoms with E-state index in [1.54, 1.807) is 30.3 Å². The summed E-state index contributed by atoms with van der Waals surface area (Å²) in [4.78, 5) is 27.5. The second-order valence-electron chi connectivity index (χ2n) is 5.29. The van der Waals surface area contributed by atoms with E-state index in [4.69, 9.17) is 27.9 Å². The van der Waals surface area contributed by atoms with Crippen molar-refractivity contribution in [2.24, 2.45) is 0 Å². The number of fused-ring (bicyclic) bond motifs is 1. The molecule has 0 fully saturated rings. The maximum atomic E-state index is 12.1. The molecule has 1 heterocycles. The molecule has 2 aromatic carbocycles. The summed E-state index contributed by atoms with van der Waals surface area (Å²) in [5.74, 6) is -0.145. The molecule has 0 aliphatic rings. The monoisotopic (exact) mass is 409 g/mol. The molecule has 3 rings (SSSR count). The Morgan fingerprint density at radius 1 is 1.15 bits per heavy atom. The third-order valence-electron chi connectivity index (χ3n) is 3.21. The van der Waals surface area contributed by atoms with Crippen LogP contribution in [0.4, 0.5) is 10.8 Å². The SMILES string of the molecule is CC(=O)Nc1ccc2nc(NC(=O)COc3ccc(Cl)cc3Cl)sc2c1. The highest BCUT2D eigenvalue weighted by Crippen LogP contribution is 2.29. The zero-order chi connectivity index (χ0) is 18.7. The lowest BCUT2D eigenvalue weighted by molar-refractivity contribution is -0.118. The normalized spacial score (nSPS) is 10.6. The predicted octanol–water partition coefficient (Wildman–Crippen LogP) is 4.58. The van der Waals surface area contributed by atoms with Gasteiger partial charge in [-0.3, -0.25) is 14.9 Å². The second-order valence-corrected chi connectivity index (χ2v) is 7.17. The van der Waals surface area contributed by atoms with E-state index in [0.717, 1.165) is 10.2 Å². The summed E-state index contributed by atoms with van der Waals surface area (Å²) in [6.07, 6.45) is 0. The van der Waals surface area contributed by atoms with Gasteiger partial charge in [-0.25, -0.2) is 4.98 Å². The van der Waals surface area contributed by atoms with Crippen LogP contribution >= 0.6 is 34.5 Å². The Kier molecular flexibility index (Phi) is 5.61. The number of halogens is 2. The lowest BCUT2D eigenvalue weighted by atomic mass is 10.3. The number of rotatable bonds is 5. The minimum atomic E-state index is -0.364. The minimum Gasteiger partial charge on any atom is -0.482 e. The van der Waals surface area contributed by atoms with E-state index in [0.29, 0.717) is 26.6 Å². The van der Waals surface area contributed by atoms with Crippen molar-refractivity contribution in [2.45, 2.75) is 6.92 Å². The maximum absolute atomic E-state index is 12.1. The van der Waals surface area contributed by atoms with Gasteiger partial charge in [0.05, 0.1) is 15.2 Å². The highest BCUT2D eigenvalue weighted by molar-refractivity contribution is 7.22. The standard InChI is InChI=1S/C17H13Cl2N3O3S/c1-9(23)20-11-3-4-13-15(7-11)26-17(21-13)22-16(24)8-25-14-5-2-10(18)6-12(14)19/h2-7H,8H2,1H3,(H,20,23)(H,21,22,24). The third-order valence-corrected chi connectivity index (χ3v) is 4.67. The molecule has 2 N–H and O–H groups in total. The molecular formula is C17H13Cl2N3O3S. The van der Waals surface area contributed by atoms with Gasteiger partial charge in [0.25, 0.3) is 5.91 Å². The molecule has 0 aliphatic heterocycles. The van der Waals surface area contributed by atoms with Crippen LogP contribution in [0.5, 0.6) is 5.75 Å². The maximum Gasteiger partial charge on any atom is 0.264 e. The summed E-state index contributed by atoms with van der Waals surface area (Å²) in [6, 6.07) is 10.1. The number of aromatic nitrogens is 1. The molecule has 1 aromatic heterocycles. The molecule has 3 aromatic rings. The average Bonchev–Trinajstić information content (AvgIpc) is 2.94. The van der Waals surface area contributed by atoms with Gasteiger partial charge in [0.2, 0.25) is 5.91 Å². The van der Waals surface area contributed by atoms with Crippen molar-refractivity contribution < 1.29 is 14.3 Å². The number of ether oxygens (including phenoxy) is 1. The van der Waals surface area contributed by atoms with Crippen LogP contribution in [0.3, 0.4) is 0 Å². The quantitative estimate of drug-likeness (QED) is 0.645. The van der Waals surface area contributed by atoms with Crippen LogP contribution in [0.2, 0.25) is 10.0 Å². The molecule has 134 valence electrons. The molecule has 2 amide bonds. The number of hydrogen-bond acceptors (Lipinski definition) is 5. The Balaban J connectivity index is 1.64. The van der Waals surface area contributed by atoms with E-state index in [9.17, 15) is 9.59 Å². The Hall–Kier alpha value is -2.35. The number of thiazole rings is 1. The molecule has 9 heteroatoms. The van der Waals surface area contributed by atoms with Gasteiger partial charge in [-0.15, -0.1) is 0 Å². The fourth-order valence-corrected chi connectivity index (χ4v) is 3.53. The highest BCUT2D eigenvalue weighted by atomic mass is 35.5. The summed E-state index contributed by atoms with van der Waals surface area (Å²) in [7, 11) is 0. The first-order valence-electron chi connectivity index (χ1n) is 7.46. The van der Waals surface area contributed by atoms with E-state index < -0.39 is 0 Å². The van der Waals surface area contributed by atoms with Gasteiger partial charge >= 0.3 is 0 Å². The van der Waals surface area contributed by atoms with Crippen LogP contribution in [0.25, 0.3) is 10.2 Å². The molecule has 0 radical (unpaired) electrons. The topological polar surface area (TPSA) is 80.3 Å². The number of nitrogens with zero attached hydrogens (tertiary/aromatic N) is 1. The van der Waals surface area contributed by atoms with Gasteiger partial charge in [-0.2, -0.15) is 0 Å². The molecule has 6 nitrogen and oxygen atoms in total. The Labute approximate surface area is 163 Å². The molecule has 0 saturated heterocycles. The van der Waals surface area contributed by atoms with Crippen molar-refractivity contribution in [1.29, 1.82) is 0 Å². The molecule has 0 spiro atoms. The van der Waals surface area contributed by atoms with Crippen LogP contribution in [0.15, 0.2) is 36.4 Å². The Bertz CT molecular complexity index is 991. The number of amides is 2. The van der Waals surface area contributed by atoms with Gasteiger partial charge in [0.15, 0.2) is 11.7 Å². The molecule has 0 unspecified atom stereocenters. The predicted molar refractivity (Wildman–Crippen MR) is 105 cm³/mol. The number of anilines is 2. The molecule has 0 aliphatic carbocycles. The summed E-state index contributed by atoms with van der Waals surface area (Å²) in [5.41, 5.74) is 1.40. The molecular weight excluding hydrogens is 397 g/mol. The lowest BCUT2D eigenvalue weighted by Gasteiger charge is -2.07. The molecule has 0 bridgehead atoms. The highest BCUT2D eigenvalue weighted by Gasteiger charge is 2.11. The van der Waals surface area contributed by atoms with Crippen LogP contribution in [-0.2, 0) is 9.59 Å². The second kappa shape index (κ2) is 7.90. The fraction of sp³-hybridized carbons (Fsp3) is 0.118. The van der Waals surface area contributed by atoms with Gasteiger partial charge in [-0.1, -0.05) is 34.5 Å². The first-order chi connectivity index (χ1) is 12.4. The number of carbonyl (C=O) groups excluding carboxylic acids is 2. The third kappa shape index (κ3) is 4.63. The van der Waals surface area contributed by atoms with E-state index in [1.165, 1.54) is 24.3 Å². The number of carbonyl (C=O) groups is 2. The van der Waals surface area contributed by atoms with Crippen molar-refractivity contribution in [3.63, 3.8) is 0 Å². The molecule has 26 heavy (non-hydrogen) atoms. The largest absolute Gasteiger partial charge is 0.482 e.